The van der Waals surface area contributed by atoms with Crippen LogP contribution in [0.5, 0.6) is 5.75 Å². The molecule has 2 aliphatic rings. The zero-order valence-electron chi connectivity index (χ0n) is 21.6. The van der Waals surface area contributed by atoms with Gasteiger partial charge in [0.2, 0.25) is 5.91 Å². The second-order valence-corrected chi connectivity index (χ2v) is 13.4. The van der Waals surface area contributed by atoms with E-state index in [-0.39, 0.29) is 29.1 Å². The predicted molar refractivity (Wildman–Crippen MR) is 135 cm³/mol. The average molecular weight is 540 g/mol. The summed E-state index contributed by atoms with van der Waals surface area (Å²) in [6.07, 6.45) is 2.28. The molecule has 1 aromatic carbocycles. The van der Waals surface area contributed by atoms with Crippen LogP contribution in [-0.2, 0) is 27.5 Å². The highest BCUT2D eigenvalue weighted by molar-refractivity contribution is 7.91. The van der Waals surface area contributed by atoms with Gasteiger partial charge in [-0.15, -0.1) is 0 Å². The lowest BCUT2D eigenvalue weighted by Crippen LogP contribution is -2.53. The van der Waals surface area contributed by atoms with Crippen LogP contribution in [0.2, 0.25) is 0 Å². The van der Waals surface area contributed by atoms with E-state index in [0.717, 1.165) is 11.3 Å². The number of benzene rings is 1. The third kappa shape index (κ3) is 6.14. The summed E-state index contributed by atoms with van der Waals surface area (Å²) in [6, 6.07) is 5.96. The number of alkyl halides is 2. The number of aromatic nitrogens is 2. The van der Waals surface area contributed by atoms with Crippen LogP contribution in [0.25, 0.3) is 11.3 Å². The van der Waals surface area contributed by atoms with Crippen molar-refractivity contribution in [3.63, 3.8) is 0 Å². The molecule has 0 unspecified atom stereocenters. The standard InChI is InChI=1S/C26H35F2N3O5S/c1-16(25(2,3)33)31-21-15-18(23(32)29-26(4)10-12-37(34,35)13-11-26)8-9-20(21)22(30-31)17-6-5-7-19(14-17)36-24(27)28/h5-7,14,16,18,24,33H,8-13,15H2,1-4H3,(H,29,32)/t16-,18-/m1/s1. The van der Waals surface area contributed by atoms with Gasteiger partial charge in [-0.05, 0) is 65.5 Å². The van der Waals surface area contributed by atoms with Crippen molar-refractivity contribution in [2.45, 2.75) is 83.6 Å². The Kier molecular flexibility index (Phi) is 7.42. The highest BCUT2D eigenvalue weighted by atomic mass is 32.2. The molecule has 0 radical (unpaired) electrons. The fourth-order valence-electron chi connectivity index (χ4n) is 5.04. The molecule has 2 heterocycles. The fourth-order valence-corrected chi connectivity index (χ4v) is 6.77. The zero-order chi connectivity index (χ0) is 27.2. The molecular formula is C26H35F2N3O5S. The van der Waals surface area contributed by atoms with Crippen molar-refractivity contribution in [1.29, 1.82) is 0 Å². The Hall–Kier alpha value is -2.53. The largest absolute Gasteiger partial charge is 0.435 e. The number of nitrogens with zero attached hydrogens (tertiary/aromatic N) is 2. The first-order chi connectivity index (χ1) is 17.2. The van der Waals surface area contributed by atoms with Gasteiger partial charge in [-0.1, -0.05) is 12.1 Å². The Labute approximate surface area is 216 Å². The number of nitrogens with one attached hydrogen (secondary N) is 1. The quantitative estimate of drug-likeness (QED) is 0.556. The summed E-state index contributed by atoms with van der Waals surface area (Å²) in [7, 11) is -3.05. The molecule has 1 aromatic heterocycles. The van der Waals surface area contributed by atoms with Gasteiger partial charge in [0.1, 0.15) is 15.6 Å². The van der Waals surface area contributed by atoms with Crippen molar-refractivity contribution < 1.29 is 31.8 Å². The average Bonchev–Trinajstić information content (AvgIpc) is 3.19. The monoisotopic (exact) mass is 539 g/mol. The van der Waals surface area contributed by atoms with Gasteiger partial charge in [0.05, 0.1) is 28.8 Å². The summed E-state index contributed by atoms with van der Waals surface area (Å²) in [5.41, 5.74) is 1.31. The molecule has 1 saturated heterocycles. The molecule has 1 amide bonds. The van der Waals surface area contributed by atoms with E-state index >= 15 is 0 Å². The summed E-state index contributed by atoms with van der Waals surface area (Å²) in [4.78, 5) is 13.3. The van der Waals surface area contributed by atoms with Crippen LogP contribution in [0.4, 0.5) is 8.78 Å². The number of rotatable bonds is 7. The first-order valence-electron chi connectivity index (χ1n) is 12.6. The minimum absolute atomic E-state index is 0.0298. The molecule has 4 rings (SSSR count). The molecule has 2 atom stereocenters. The molecule has 11 heteroatoms. The van der Waals surface area contributed by atoms with Crippen molar-refractivity contribution >= 4 is 15.7 Å². The molecule has 37 heavy (non-hydrogen) atoms. The number of halogens is 2. The summed E-state index contributed by atoms with van der Waals surface area (Å²) in [5, 5.41) is 18.6. The minimum atomic E-state index is -3.05. The van der Waals surface area contributed by atoms with Crippen molar-refractivity contribution in [3.05, 3.63) is 35.5 Å². The summed E-state index contributed by atoms with van der Waals surface area (Å²) >= 11 is 0. The van der Waals surface area contributed by atoms with E-state index in [1.54, 1.807) is 30.7 Å². The van der Waals surface area contributed by atoms with Crippen molar-refractivity contribution in [2.75, 3.05) is 11.5 Å². The lowest BCUT2D eigenvalue weighted by atomic mass is 9.83. The highest BCUT2D eigenvalue weighted by Gasteiger charge is 2.39. The van der Waals surface area contributed by atoms with E-state index < -0.39 is 33.6 Å². The summed E-state index contributed by atoms with van der Waals surface area (Å²) in [6.45, 7) is 4.17. The maximum atomic E-state index is 13.3. The Morgan fingerprint density at radius 1 is 1.30 bits per heavy atom. The number of hydrogen-bond acceptors (Lipinski definition) is 6. The molecule has 0 bridgehead atoms. The molecule has 2 aromatic rings. The highest BCUT2D eigenvalue weighted by Crippen LogP contribution is 2.38. The maximum Gasteiger partial charge on any atom is 0.387 e. The molecule has 0 saturated carbocycles. The molecular weight excluding hydrogens is 504 g/mol. The SMILES string of the molecule is C[C@@H](n1nc(-c2cccc(OC(F)F)c2)c2c1C[C@H](C(=O)NC1(C)CCS(=O)(=O)CC1)CC2)C(C)(C)O. The lowest BCUT2D eigenvalue weighted by Gasteiger charge is -2.36. The minimum Gasteiger partial charge on any atom is -0.435 e. The number of ether oxygens (including phenoxy) is 1. The molecule has 2 N–H and O–H groups in total. The van der Waals surface area contributed by atoms with E-state index in [1.165, 1.54) is 12.1 Å². The predicted octanol–water partition coefficient (Wildman–Crippen LogP) is 3.67. The Bertz CT molecular complexity index is 1260. The number of carbonyl (C=O) groups is 1. The number of carbonyl (C=O) groups excluding carboxylic acids is 1. The van der Waals surface area contributed by atoms with Crippen LogP contribution in [0.15, 0.2) is 24.3 Å². The Balaban J connectivity index is 1.63. The second-order valence-electron chi connectivity index (χ2n) is 11.1. The smallest absolute Gasteiger partial charge is 0.387 e. The van der Waals surface area contributed by atoms with Gasteiger partial charge < -0.3 is 15.2 Å². The normalized spacial score (nSPS) is 21.8. The zero-order valence-corrected chi connectivity index (χ0v) is 22.4. The van der Waals surface area contributed by atoms with E-state index in [1.807, 2.05) is 13.8 Å². The van der Waals surface area contributed by atoms with Gasteiger partial charge in [-0.2, -0.15) is 13.9 Å². The molecule has 1 aliphatic heterocycles. The lowest BCUT2D eigenvalue weighted by molar-refractivity contribution is -0.127. The van der Waals surface area contributed by atoms with E-state index in [0.29, 0.717) is 43.4 Å². The molecule has 8 nitrogen and oxygen atoms in total. The maximum absolute atomic E-state index is 13.3. The van der Waals surface area contributed by atoms with Gasteiger partial charge in [-0.25, -0.2) is 8.42 Å². The number of hydrogen-bond donors (Lipinski definition) is 2. The van der Waals surface area contributed by atoms with Gasteiger partial charge >= 0.3 is 6.61 Å². The molecule has 1 fully saturated rings. The van der Waals surface area contributed by atoms with Crippen molar-refractivity contribution in [1.82, 2.24) is 15.1 Å². The van der Waals surface area contributed by atoms with Crippen LogP contribution in [0.3, 0.4) is 0 Å². The van der Waals surface area contributed by atoms with Crippen LogP contribution in [0, 0.1) is 5.92 Å². The van der Waals surface area contributed by atoms with Crippen molar-refractivity contribution in [3.8, 4) is 17.0 Å². The van der Waals surface area contributed by atoms with E-state index in [4.69, 9.17) is 5.10 Å². The van der Waals surface area contributed by atoms with Gasteiger partial charge in [0.15, 0.2) is 0 Å². The van der Waals surface area contributed by atoms with Gasteiger partial charge in [0.25, 0.3) is 0 Å². The number of sulfone groups is 1. The molecule has 1 aliphatic carbocycles. The van der Waals surface area contributed by atoms with Crippen LogP contribution in [0.1, 0.15) is 64.3 Å². The van der Waals surface area contributed by atoms with Crippen LogP contribution >= 0.6 is 0 Å². The van der Waals surface area contributed by atoms with Crippen molar-refractivity contribution in [2.24, 2.45) is 5.92 Å². The van der Waals surface area contributed by atoms with Gasteiger partial charge in [-0.3, -0.25) is 9.48 Å². The first-order valence-corrected chi connectivity index (χ1v) is 14.4. The third-order valence-electron chi connectivity index (χ3n) is 7.75. The number of amides is 1. The van der Waals surface area contributed by atoms with E-state index in [2.05, 4.69) is 10.1 Å². The summed E-state index contributed by atoms with van der Waals surface area (Å²) < 4.78 is 55.6. The first kappa shape index (κ1) is 27.5. The molecule has 0 spiro atoms. The third-order valence-corrected chi connectivity index (χ3v) is 9.40. The fraction of sp³-hybridized carbons (Fsp3) is 0.615. The Morgan fingerprint density at radius 3 is 2.59 bits per heavy atom. The van der Waals surface area contributed by atoms with E-state index in [9.17, 15) is 27.1 Å². The number of aliphatic hydroxyl groups is 1. The number of fused-ring (bicyclic) bond motifs is 1. The van der Waals surface area contributed by atoms with Crippen LogP contribution < -0.4 is 10.1 Å². The topological polar surface area (TPSA) is 111 Å². The summed E-state index contributed by atoms with van der Waals surface area (Å²) in [5.74, 6) is -0.306. The Morgan fingerprint density at radius 2 is 1.97 bits per heavy atom. The van der Waals surface area contributed by atoms with Gasteiger partial charge in [0, 0.05) is 34.7 Å². The van der Waals surface area contributed by atoms with Crippen LogP contribution in [-0.4, -0.2) is 58.5 Å². The molecule has 204 valence electrons. The second kappa shape index (κ2) is 9.98.